The molecule has 0 bridgehead atoms. The van der Waals surface area contributed by atoms with Crippen molar-refractivity contribution in [2.24, 2.45) is 0 Å². The lowest BCUT2D eigenvalue weighted by atomic mass is 10.2. The van der Waals surface area contributed by atoms with Gasteiger partial charge in [0, 0.05) is 10.6 Å². The van der Waals surface area contributed by atoms with Crippen molar-refractivity contribution >= 4 is 62.2 Å². The standard InChI is InChI=1S/C15H8Cl3NO2S/c16-8-5-6-11(10(17)7-8)19-15(20)14-13(18)9-3-1-2-4-12(9)22(14)21/h1-7H,(H,19,20). The first-order chi connectivity index (χ1) is 10.5. The minimum absolute atomic E-state index is 0.0221. The minimum atomic E-state index is -1.61. The summed E-state index contributed by atoms with van der Waals surface area (Å²) < 4.78 is 12.4. The normalized spacial score (nSPS) is 16.6. The number of anilines is 1. The third-order valence-electron chi connectivity index (χ3n) is 3.09. The molecular formula is C15H8Cl3NO2S. The van der Waals surface area contributed by atoms with Crippen LogP contribution in [0.4, 0.5) is 5.69 Å². The summed E-state index contributed by atoms with van der Waals surface area (Å²) in [4.78, 5) is 13.0. The molecule has 0 saturated carbocycles. The van der Waals surface area contributed by atoms with Crippen molar-refractivity contribution in [3.8, 4) is 0 Å². The molecule has 112 valence electrons. The molecule has 1 amide bonds. The van der Waals surface area contributed by atoms with Gasteiger partial charge in [0.1, 0.15) is 4.91 Å². The quantitative estimate of drug-likeness (QED) is 0.833. The van der Waals surface area contributed by atoms with E-state index in [9.17, 15) is 9.00 Å². The Bertz CT molecular complexity index is 848. The van der Waals surface area contributed by atoms with Gasteiger partial charge in [-0.1, -0.05) is 53.0 Å². The third kappa shape index (κ3) is 2.68. The number of fused-ring (bicyclic) bond motifs is 1. The summed E-state index contributed by atoms with van der Waals surface area (Å²) in [7, 11) is -1.61. The van der Waals surface area contributed by atoms with Crippen LogP contribution in [-0.2, 0) is 15.6 Å². The van der Waals surface area contributed by atoms with Gasteiger partial charge in [-0.15, -0.1) is 0 Å². The Morgan fingerprint density at radius 3 is 2.45 bits per heavy atom. The number of rotatable bonds is 2. The van der Waals surface area contributed by atoms with Crippen molar-refractivity contribution in [3.05, 3.63) is 63.0 Å². The van der Waals surface area contributed by atoms with Crippen LogP contribution in [0.1, 0.15) is 5.56 Å². The maximum Gasteiger partial charge on any atom is 0.266 e. The highest BCUT2D eigenvalue weighted by Gasteiger charge is 2.32. The van der Waals surface area contributed by atoms with Crippen molar-refractivity contribution in [1.82, 2.24) is 0 Å². The van der Waals surface area contributed by atoms with Crippen LogP contribution in [0.15, 0.2) is 52.3 Å². The number of amides is 1. The zero-order chi connectivity index (χ0) is 15.9. The van der Waals surface area contributed by atoms with Crippen LogP contribution in [0.2, 0.25) is 10.0 Å². The van der Waals surface area contributed by atoms with Crippen molar-refractivity contribution in [2.45, 2.75) is 4.90 Å². The number of halogens is 3. The number of nitrogens with one attached hydrogen (secondary N) is 1. The van der Waals surface area contributed by atoms with Gasteiger partial charge in [-0.25, -0.2) is 4.21 Å². The maximum absolute atomic E-state index is 12.4. The van der Waals surface area contributed by atoms with Crippen molar-refractivity contribution < 1.29 is 9.00 Å². The fourth-order valence-electron chi connectivity index (χ4n) is 2.08. The smallest absolute Gasteiger partial charge is 0.266 e. The van der Waals surface area contributed by atoms with E-state index >= 15 is 0 Å². The van der Waals surface area contributed by atoms with Gasteiger partial charge in [-0.05, 0) is 24.3 Å². The lowest BCUT2D eigenvalue weighted by Crippen LogP contribution is -2.16. The molecule has 7 heteroatoms. The maximum atomic E-state index is 12.4. The van der Waals surface area contributed by atoms with Crippen molar-refractivity contribution in [3.63, 3.8) is 0 Å². The summed E-state index contributed by atoms with van der Waals surface area (Å²) in [5.74, 6) is -0.552. The first-order valence-corrected chi connectivity index (χ1v) is 8.45. The molecule has 0 spiro atoms. The summed E-state index contributed by atoms with van der Waals surface area (Å²) in [6.07, 6.45) is 0. The first kappa shape index (κ1) is 15.6. The van der Waals surface area contributed by atoms with Crippen molar-refractivity contribution in [1.29, 1.82) is 0 Å². The van der Waals surface area contributed by atoms with Crippen LogP contribution in [0, 0.1) is 0 Å². The van der Waals surface area contributed by atoms with E-state index in [1.54, 1.807) is 36.4 Å². The van der Waals surface area contributed by atoms with Crippen LogP contribution in [0.3, 0.4) is 0 Å². The number of hydrogen-bond donors (Lipinski definition) is 1. The van der Waals surface area contributed by atoms with E-state index < -0.39 is 16.7 Å². The molecule has 0 radical (unpaired) electrons. The Kier molecular flexibility index (Phi) is 4.28. The molecule has 1 aliphatic rings. The highest BCUT2D eigenvalue weighted by Crippen LogP contribution is 2.39. The molecule has 2 aromatic rings. The van der Waals surface area contributed by atoms with Crippen LogP contribution < -0.4 is 5.32 Å². The molecule has 0 saturated heterocycles. The average Bonchev–Trinajstić information content (AvgIpc) is 2.74. The largest absolute Gasteiger partial charge is 0.320 e. The van der Waals surface area contributed by atoms with E-state index in [-0.39, 0.29) is 9.94 Å². The minimum Gasteiger partial charge on any atom is -0.320 e. The van der Waals surface area contributed by atoms with Gasteiger partial charge in [-0.2, -0.15) is 0 Å². The molecule has 1 atom stereocenters. The Morgan fingerprint density at radius 2 is 1.77 bits per heavy atom. The number of carbonyl (C=O) groups excluding carboxylic acids is 1. The lowest BCUT2D eigenvalue weighted by molar-refractivity contribution is -0.112. The third-order valence-corrected chi connectivity index (χ3v) is 5.66. The molecule has 22 heavy (non-hydrogen) atoms. The number of hydrogen-bond acceptors (Lipinski definition) is 2. The van der Waals surface area contributed by atoms with Crippen LogP contribution in [-0.4, -0.2) is 10.1 Å². The second kappa shape index (κ2) is 6.05. The Balaban J connectivity index is 1.94. The number of carbonyl (C=O) groups is 1. The van der Waals surface area contributed by atoms with E-state index in [4.69, 9.17) is 34.8 Å². The van der Waals surface area contributed by atoms with Gasteiger partial charge < -0.3 is 5.32 Å². The Hall–Kier alpha value is -1.33. The van der Waals surface area contributed by atoms with Gasteiger partial charge in [0.15, 0.2) is 0 Å². The van der Waals surface area contributed by atoms with Crippen LogP contribution in [0.25, 0.3) is 5.03 Å². The zero-order valence-electron chi connectivity index (χ0n) is 10.9. The van der Waals surface area contributed by atoms with Crippen molar-refractivity contribution in [2.75, 3.05) is 5.32 Å². The second-order valence-electron chi connectivity index (χ2n) is 4.49. The fourth-order valence-corrected chi connectivity index (χ4v) is 4.33. The molecule has 0 aromatic heterocycles. The highest BCUT2D eigenvalue weighted by molar-refractivity contribution is 7.91. The highest BCUT2D eigenvalue weighted by atomic mass is 35.5. The monoisotopic (exact) mass is 371 g/mol. The molecular weight excluding hydrogens is 365 g/mol. The van der Waals surface area contributed by atoms with Gasteiger partial charge >= 0.3 is 0 Å². The van der Waals surface area contributed by atoms with Gasteiger partial charge in [0.05, 0.1) is 31.4 Å². The van der Waals surface area contributed by atoms with Gasteiger partial charge in [0.25, 0.3) is 5.91 Å². The van der Waals surface area contributed by atoms with E-state index in [1.165, 1.54) is 6.07 Å². The average molecular weight is 373 g/mol. The molecule has 1 heterocycles. The summed E-state index contributed by atoms with van der Waals surface area (Å²) in [5.41, 5.74) is 0.982. The van der Waals surface area contributed by atoms with E-state index in [2.05, 4.69) is 5.32 Å². The molecule has 1 aliphatic heterocycles. The fraction of sp³-hybridized carbons (Fsp3) is 0. The molecule has 1 N–H and O–H groups in total. The van der Waals surface area contributed by atoms with E-state index in [0.29, 0.717) is 26.2 Å². The second-order valence-corrected chi connectivity index (χ2v) is 7.09. The Labute approximate surface area is 144 Å². The molecule has 2 aromatic carbocycles. The van der Waals surface area contributed by atoms with E-state index in [1.807, 2.05) is 0 Å². The van der Waals surface area contributed by atoms with Crippen LogP contribution in [0.5, 0.6) is 0 Å². The molecule has 1 unspecified atom stereocenters. The first-order valence-electron chi connectivity index (χ1n) is 6.16. The predicted molar refractivity (Wildman–Crippen MR) is 90.7 cm³/mol. The SMILES string of the molecule is O=C(Nc1ccc(Cl)cc1Cl)C1=C(Cl)c2ccccc2S1=O. The predicted octanol–water partition coefficient (Wildman–Crippen LogP) is 4.66. The molecule has 3 rings (SSSR count). The topological polar surface area (TPSA) is 46.2 Å². The zero-order valence-corrected chi connectivity index (χ0v) is 14.0. The van der Waals surface area contributed by atoms with Crippen LogP contribution >= 0.6 is 34.8 Å². The Morgan fingerprint density at radius 1 is 1.05 bits per heavy atom. The lowest BCUT2D eigenvalue weighted by Gasteiger charge is -2.08. The van der Waals surface area contributed by atoms with Gasteiger partial charge in [0.2, 0.25) is 0 Å². The molecule has 0 aliphatic carbocycles. The molecule has 3 nitrogen and oxygen atoms in total. The van der Waals surface area contributed by atoms with Gasteiger partial charge in [-0.3, -0.25) is 4.79 Å². The number of benzene rings is 2. The van der Waals surface area contributed by atoms with E-state index in [0.717, 1.165) is 0 Å². The summed E-state index contributed by atoms with van der Waals surface area (Å²) in [5, 5.41) is 3.55. The summed E-state index contributed by atoms with van der Waals surface area (Å²) in [6, 6.07) is 11.6. The molecule has 0 fully saturated rings. The summed E-state index contributed by atoms with van der Waals surface area (Å²) in [6.45, 7) is 0. The summed E-state index contributed by atoms with van der Waals surface area (Å²) >= 11 is 18.0.